The Morgan fingerprint density at radius 1 is 1.26 bits per heavy atom. The summed E-state index contributed by atoms with van der Waals surface area (Å²) < 4.78 is 16.8. The summed E-state index contributed by atoms with van der Waals surface area (Å²) in [5.74, 6) is 0.843. The molecule has 0 aromatic heterocycles. The Balaban J connectivity index is 1.52. The first-order valence-corrected chi connectivity index (χ1v) is 10.9. The summed E-state index contributed by atoms with van der Waals surface area (Å²) in [4.78, 5) is 25.9. The lowest BCUT2D eigenvalue weighted by molar-refractivity contribution is -0.118. The fourth-order valence-corrected chi connectivity index (χ4v) is 4.01. The number of aliphatic hydroxyl groups is 1. The number of primary amides is 1. The number of rotatable bonds is 9. The van der Waals surface area contributed by atoms with Crippen molar-refractivity contribution in [1.82, 2.24) is 10.2 Å². The molecule has 0 bridgehead atoms. The number of carbonyl (C=O) groups excluding carboxylic acids is 2. The zero-order valence-electron chi connectivity index (χ0n) is 18.1. The van der Waals surface area contributed by atoms with E-state index < -0.39 is 6.10 Å². The lowest BCUT2D eigenvalue weighted by Gasteiger charge is -2.36. The normalized spacial score (nSPS) is 21.2. The van der Waals surface area contributed by atoms with Crippen molar-refractivity contribution in [3.63, 3.8) is 0 Å². The molecule has 9 nitrogen and oxygen atoms in total. The molecule has 9 heteroatoms. The Bertz CT molecular complexity index is 772. The van der Waals surface area contributed by atoms with Crippen LogP contribution in [-0.2, 0) is 4.79 Å². The number of nitrogens with zero attached hydrogens (tertiary/aromatic N) is 1. The van der Waals surface area contributed by atoms with Crippen LogP contribution in [0.25, 0.3) is 0 Å². The average Bonchev–Trinajstić information content (AvgIpc) is 3.01. The van der Waals surface area contributed by atoms with E-state index >= 15 is 0 Å². The van der Waals surface area contributed by atoms with Crippen molar-refractivity contribution in [2.75, 3.05) is 46.5 Å². The molecule has 3 rings (SSSR count). The van der Waals surface area contributed by atoms with Crippen molar-refractivity contribution < 1.29 is 28.9 Å². The summed E-state index contributed by atoms with van der Waals surface area (Å²) in [6, 6.07) is 3.38. The molecule has 0 radical (unpaired) electrons. The number of likely N-dealkylation sites (tertiary alicyclic amines) is 1. The van der Waals surface area contributed by atoms with Gasteiger partial charge in [0.25, 0.3) is 5.91 Å². The van der Waals surface area contributed by atoms with Crippen LogP contribution >= 0.6 is 0 Å². The van der Waals surface area contributed by atoms with Gasteiger partial charge in [-0.25, -0.2) is 0 Å². The molecular formula is C22H33N3O6. The molecule has 1 aromatic carbocycles. The number of nitrogens with one attached hydrogen (secondary N) is 1. The minimum Gasteiger partial charge on any atom is -0.493 e. The number of nitrogens with two attached hydrogens (primary N) is 1. The van der Waals surface area contributed by atoms with Crippen LogP contribution in [0, 0.1) is 5.92 Å². The molecule has 1 saturated heterocycles. The average molecular weight is 436 g/mol. The molecule has 2 atom stereocenters. The number of benzene rings is 1. The second-order valence-corrected chi connectivity index (χ2v) is 8.07. The first-order valence-electron chi connectivity index (χ1n) is 10.9. The van der Waals surface area contributed by atoms with Gasteiger partial charge in [-0.05, 0) is 44.5 Å². The Labute approximate surface area is 182 Å². The van der Waals surface area contributed by atoms with Gasteiger partial charge in [0.05, 0.1) is 32.0 Å². The van der Waals surface area contributed by atoms with Gasteiger partial charge >= 0.3 is 0 Å². The highest BCUT2D eigenvalue weighted by Crippen LogP contribution is 2.41. The van der Waals surface area contributed by atoms with E-state index in [-0.39, 0.29) is 17.7 Å². The quantitative estimate of drug-likeness (QED) is 0.493. The molecule has 2 heterocycles. The van der Waals surface area contributed by atoms with Gasteiger partial charge in [-0.2, -0.15) is 0 Å². The lowest BCUT2D eigenvalue weighted by atomic mass is 9.93. The predicted molar refractivity (Wildman–Crippen MR) is 115 cm³/mol. The lowest BCUT2D eigenvalue weighted by Crippen LogP contribution is -2.47. The van der Waals surface area contributed by atoms with Crippen molar-refractivity contribution >= 4 is 11.8 Å². The number of ether oxygens (including phenoxy) is 3. The van der Waals surface area contributed by atoms with E-state index in [2.05, 4.69) is 10.2 Å². The van der Waals surface area contributed by atoms with E-state index in [9.17, 15) is 14.7 Å². The molecule has 0 unspecified atom stereocenters. The fraction of sp³-hybridized carbons (Fsp3) is 0.636. The second kappa shape index (κ2) is 11.2. The molecular weight excluding hydrogens is 402 g/mol. The molecule has 0 spiro atoms. The van der Waals surface area contributed by atoms with E-state index in [1.165, 1.54) is 0 Å². The highest BCUT2D eigenvalue weighted by atomic mass is 16.5. The van der Waals surface area contributed by atoms with Crippen LogP contribution in [-0.4, -0.2) is 74.4 Å². The van der Waals surface area contributed by atoms with E-state index in [0.29, 0.717) is 55.5 Å². The van der Waals surface area contributed by atoms with Crippen molar-refractivity contribution in [2.45, 2.75) is 38.2 Å². The zero-order chi connectivity index (χ0) is 22.2. The molecule has 0 aliphatic carbocycles. The maximum atomic E-state index is 12.9. The van der Waals surface area contributed by atoms with Crippen LogP contribution in [0.4, 0.5) is 0 Å². The number of hydrogen-bond acceptors (Lipinski definition) is 7. The Morgan fingerprint density at radius 2 is 2.03 bits per heavy atom. The van der Waals surface area contributed by atoms with Gasteiger partial charge in [0.2, 0.25) is 11.7 Å². The molecule has 1 aromatic rings. The second-order valence-electron chi connectivity index (χ2n) is 8.07. The van der Waals surface area contributed by atoms with E-state index in [1.54, 1.807) is 19.2 Å². The monoisotopic (exact) mass is 435 g/mol. The topological polar surface area (TPSA) is 123 Å². The first-order chi connectivity index (χ1) is 15.0. The zero-order valence-corrected chi connectivity index (χ0v) is 18.1. The SMILES string of the molecule is COc1ccc(C(=O)NC[C@@H]2CCN(CCCCC(N)=O)C[C@H]2O)c2c1OCCCO2. The highest BCUT2D eigenvalue weighted by molar-refractivity contribution is 5.98. The summed E-state index contributed by atoms with van der Waals surface area (Å²) in [6.45, 7) is 3.60. The standard InChI is InChI=1S/C22H33N3O6/c1-29-18-7-6-16(20-21(18)31-12-4-11-30-20)22(28)24-13-15-8-10-25(14-17(15)26)9-3-2-5-19(23)27/h6-7,15,17,26H,2-5,8-14H2,1H3,(H2,23,27)(H,24,28)/t15-,17+/m0/s1. The molecule has 2 amide bonds. The summed E-state index contributed by atoms with van der Waals surface area (Å²) in [7, 11) is 1.55. The highest BCUT2D eigenvalue weighted by Gasteiger charge is 2.29. The number of unbranched alkanes of at least 4 members (excludes halogenated alkanes) is 1. The summed E-state index contributed by atoms with van der Waals surface area (Å²) >= 11 is 0. The molecule has 4 N–H and O–H groups in total. The molecule has 0 saturated carbocycles. The van der Waals surface area contributed by atoms with Gasteiger partial charge in [-0.15, -0.1) is 0 Å². The van der Waals surface area contributed by atoms with Crippen LogP contribution in [0.3, 0.4) is 0 Å². The van der Waals surface area contributed by atoms with E-state index in [0.717, 1.165) is 38.8 Å². The number of aliphatic hydroxyl groups excluding tert-OH is 1. The number of β-amino-alcohol motifs (C(OH)–C–C–N with tert-alkyl or cyclic N) is 1. The fourth-order valence-electron chi connectivity index (χ4n) is 4.01. The van der Waals surface area contributed by atoms with Gasteiger partial charge in [0.15, 0.2) is 11.5 Å². The maximum absolute atomic E-state index is 12.9. The van der Waals surface area contributed by atoms with Crippen molar-refractivity contribution in [1.29, 1.82) is 0 Å². The predicted octanol–water partition coefficient (Wildman–Crippen LogP) is 0.925. The van der Waals surface area contributed by atoms with Gasteiger partial charge in [-0.1, -0.05) is 0 Å². The Morgan fingerprint density at radius 3 is 2.74 bits per heavy atom. The molecule has 2 aliphatic rings. The van der Waals surface area contributed by atoms with Crippen molar-refractivity contribution in [3.8, 4) is 17.2 Å². The number of fused-ring (bicyclic) bond motifs is 1. The molecule has 1 fully saturated rings. The molecule has 31 heavy (non-hydrogen) atoms. The van der Waals surface area contributed by atoms with Crippen LogP contribution < -0.4 is 25.3 Å². The minimum absolute atomic E-state index is 0.0140. The third-order valence-corrected chi connectivity index (χ3v) is 5.80. The van der Waals surface area contributed by atoms with Gasteiger partial charge < -0.3 is 35.3 Å². The largest absolute Gasteiger partial charge is 0.493 e. The summed E-state index contributed by atoms with van der Waals surface area (Å²) in [6.07, 6.45) is 3.04. The van der Waals surface area contributed by atoms with Crippen LogP contribution in [0.2, 0.25) is 0 Å². The smallest absolute Gasteiger partial charge is 0.255 e. The third-order valence-electron chi connectivity index (χ3n) is 5.80. The minimum atomic E-state index is -0.516. The van der Waals surface area contributed by atoms with Gasteiger partial charge in [0.1, 0.15) is 0 Å². The van der Waals surface area contributed by atoms with Crippen LogP contribution in [0.5, 0.6) is 17.2 Å². The Kier molecular flexibility index (Phi) is 8.36. The number of methoxy groups -OCH3 is 1. The number of amides is 2. The Hall–Kier alpha value is -2.52. The molecule has 172 valence electrons. The first kappa shape index (κ1) is 23.1. The number of carbonyl (C=O) groups is 2. The van der Waals surface area contributed by atoms with Crippen molar-refractivity contribution in [2.24, 2.45) is 11.7 Å². The summed E-state index contributed by atoms with van der Waals surface area (Å²) in [5.41, 5.74) is 5.57. The number of hydrogen-bond donors (Lipinski definition) is 3. The van der Waals surface area contributed by atoms with E-state index in [1.807, 2.05) is 0 Å². The summed E-state index contributed by atoms with van der Waals surface area (Å²) in [5, 5.41) is 13.5. The van der Waals surface area contributed by atoms with Gasteiger partial charge in [-0.3, -0.25) is 9.59 Å². The molecule has 2 aliphatic heterocycles. The van der Waals surface area contributed by atoms with Crippen molar-refractivity contribution in [3.05, 3.63) is 17.7 Å². The number of piperidine rings is 1. The van der Waals surface area contributed by atoms with Crippen LogP contribution in [0.15, 0.2) is 12.1 Å². The maximum Gasteiger partial charge on any atom is 0.255 e. The van der Waals surface area contributed by atoms with E-state index in [4.69, 9.17) is 19.9 Å². The third kappa shape index (κ3) is 6.24. The van der Waals surface area contributed by atoms with Crippen LogP contribution in [0.1, 0.15) is 42.5 Å². The van der Waals surface area contributed by atoms with Gasteiger partial charge in [0, 0.05) is 31.8 Å².